The van der Waals surface area contributed by atoms with Crippen molar-refractivity contribution in [2.24, 2.45) is 4.99 Å². The lowest BCUT2D eigenvalue weighted by Gasteiger charge is -2.24. The molecule has 0 bridgehead atoms. The predicted molar refractivity (Wildman–Crippen MR) is 85.8 cm³/mol. The lowest BCUT2D eigenvalue weighted by molar-refractivity contribution is -0.115. The molecule has 0 unspecified atom stereocenters. The molecule has 3 rings (SSSR count). The van der Waals surface area contributed by atoms with E-state index in [1.165, 1.54) is 11.0 Å². The van der Waals surface area contributed by atoms with Crippen molar-refractivity contribution in [3.05, 3.63) is 29.8 Å². The molecular weight excluding hydrogens is 370 g/mol. The van der Waals surface area contributed by atoms with Crippen LogP contribution in [-0.2, 0) is 14.6 Å². The minimum Gasteiger partial charge on any atom is -0.313 e. The second-order valence-electron chi connectivity index (χ2n) is 5.19. The molecule has 2 atom stereocenters. The van der Waals surface area contributed by atoms with Crippen molar-refractivity contribution in [3.63, 3.8) is 0 Å². The minimum atomic E-state index is -3.25. The van der Waals surface area contributed by atoms with Gasteiger partial charge in [-0.25, -0.2) is 17.2 Å². The number of carbonyl (C=O) groups excluding carboxylic acids is 1. The molecule has 124 valence electrons. The van der Waals surface area contributed by atoms with E-state index in [0.717, 1.165) is 17.8 Å². The minimum absolute atomic E-state index is 0.00961. The van der Waals surface area contributed by atoms with Crippen LogP contribution in [0.4, 0.5) is 14.5 Å². The van der Waals surface area contributed by atoms with Crippen LogP contribution in [0.2, 0.25) is 0 Å². The summed E-state index contributed by atoms with van der Waals surface area (Å²) in [5.74, 6) is -2.78. The molecule has 1 aromatic carbocycles. The Morgan fingerprint density at radius 3 is 2.78 bits per heavy atom. The summed E-state index contributed by atoms with van der Waals surface area (Å²) < 4.78 is 50.9. The maximum Gasteiger partial charge on any atom is 0.262 e. The van der Waals surface area contributed by atoms with Crippen LogP contribution in [0.15, 0.2) is 23.2 Å². The lowest BCUT2D eigenvalue weighted by Crippen LogP contribution is -2.38. The van der Waals surface area contributed by atoms with Gasteiger partial charge in [0, 0.05) is 11.3 Å². The van der Waals surface area contributed by atoms with Crippen LogP contribution in [0.1, 0.15) is 0 Å². The molecule has 0 spiro atoms. The molecule has 2 aliphatic heterocycles. The first-order valence-corrected chi connectivity index (χ1v) is 9.83. The smallest absolute Gasteiger partial charge is 0.262 e. The molecule has 1 aromatic rings. The number of amidine groups is 1. The Balaban J connectivity index is 2.06. The Morgan fingerprint density at radius 2 is 2.13 bits per heavy atom. The Bertz CT molecular complexity index is 800. The molecule has 1 amide bonds. The lowest BCUT2D eigenvalue weighted by atomic mass is 10.2. The van der Waals surface area contributed by atoms with Gasteiger partial charge in [0.05, 0.1) is 23.2 Å². The fraction of sp³-hybridized carbons (Fsp3) is 0.385. The summed E-state index contributed by atoms with van der Waals surface area (Å²) in [6.07, 6.45) is 0. The Labute approximate surface area is 140 Å². The molecule has 2 saturated heterocycles. The highest BCUT2D eigenvalue weighted by Crippen LogP contribution is 2.41. The summed E-state index contributed by atoms with van der Waals surface area (Å²) in [4.78, 5) is 16.7. The van der Waals surface area contributed by atoms with Gasteiger partial charge in [0.25, 0.3) is 5.91 Å². The third-order valence-corrected chi connectivity index (χ3v) is 7.01. The molecule has 5 nitrogen and oxygen atoms in total. The second kappa shape index (κ2) is 6.03. The average molecular weight is 381 g/mol. The molecule has 0 radical (unpaired) electrons. The molecule has 2 fully saturated rings. The van der Waals surface area contributed by atoms with E-state index in [-0.39, 0.29) is 33.5 Å². The summed E-state index contributed by atoms with van der Waals surface area (Å²) in [7, 11) is -3.25. The van der Waals surface area contributed by atoms with Crippen molar-refractivity contribution in [2.45, 2.75) is 11.3 Å². The first kappa shape index (κ1) is 16.7. The van der Waals surface area contributed by atoms with Crippen molar-refractivity contribution in [2.75, 3.05) is 22.3 Å². The van der Waals surface area contributed by atoms with Gasteiger partial charge in [-0.2, -0.15) is 4.99 Å². The number of benzene rings is 1. The molecule has 0 aromatic heterocycles. The summed E-state index contributed by atoms with van der Waals surface area (Å²) in [5, 5.41) is -0.169. The van der Waals surface area contributed by atoms with Crippen LogP contribution in [0.25, 0.3) is 0 Å². The number of rotatable bonds is 2. The highest BCUT2D eigenvalue weighted by Gasteiger charge is 2.49. The standard InChI is InChI=1S/C13H11ClF2N2O3S2/c14-4-12(19)17-13-18(9-2-1-7(15)3-8(9)16)10-5-23(20,21)6-11(10)22-13/h1-3,10-11H,4-6H2/t10-,11+/m0/s1. The number of hydrogen-bond acceptors (Lipinski definition) is 4. The fourth-order valence-electron chi connectivity index (χ4n) is 2.66. The van der Waals surface area contributed by atoms with Crippen LogP contribution < -0.4 is 4.90 Å². The largest absolute Gasteiger partial charge is 0.313 e. The molecule has 0 aliphatic carbocycles. The SMILES string of the molecule is O=C(CCl)N=C1S[C@@H]2CS(=O)(=O)C[C@@H]2N1c1ccc(F)cc1F. The van der Waals surface area contributed by atoms with E-state index in [2.05, 4.69) is 4.99 Å². The van der Waals surface area contributed by atoms with Gasteiger partial charge in [0.15, 0.2) is 15.0 Å². The number of aliphatic imine (C=N–C) groups is 1. The zero-order valence-corrected chi connectivity index (χ0v) is 14.0. The van der Waals surface area contributed by atoms with Gasteiger partial charge in [0.2, 0.25) is 0 Å². The number of carbonyl (C=O) groups is 1. The maximum atomic E-state index is 14.1. The number of nitrogens with zero attached hydrogens (tertiary/aromatic N) is 2. The number of thioether (sulfide) groups is 1. The third kappa shape index (κ3) is 3.22. The summed E-state index contributed by atoms with van der Waals surface area (Å²) in [6, 6.07) is 2.43. The first-order chi connectivity index (χ1) is 10.8. The van der Waals surface area contributed by atoms with E-state index < -0.39 is 33.4 Å². The first-order valence-electron chi connectivity index (χ1n) is 6.59. The van der Waals surface area contributed by atoms with Gasteiger partial charge in [-0.05, 0) is 12.1 Å². The van der Waals surface area contributed by atoms with Crippen LogP contribution >= 0.6 is 23.4 Å². The van der Waals surface area contributed by atoms with E-state index in [9.17, 15) is 22.0 Å². The van der Waals surface area contributed by atoms with Gasteiger partial charge in [0.1, 0.15) is 17.5 Å². The zero-order chi connectivity index (χ0) is 16.8. The van der Waals surface area contributed by atoms with Gasteiger partial charge in [-0.15, -0.1) is 11.6 Å². The maximum absolute atomic E-state index is 14.1. The monoisotopic (exact) mass is 380 g/mol. The zero-order valence-electron chi connectivity index (χ0n) is 11.6. The van der Waals surface area contributed by atoms with Crippen molar-refractivity contribution >= 4 is 50.0 Å². The fourth-order valence-corrected chi connectivity index (χ4v) is 6.64. The number of halogens is 3. The molecule has 2 aliphatic rings. The van der Waals surface area contributed by atoms with Crippen molar-refractivity contribution in [1.82, 2.24) is 0 Å². The van der Waals surface area contributed by atoms with Crippen molar-refractivity contribution < 1.29 is 22.0 Å². The van der Waals surface area contributed by atoms with Gasteiger partial charge in [-0.1, -0.05) is 11.8 Å². The summed E-state index contributed by atoms with van der Waals surface area (Å²) in [6.45, 7) is 0. The Morgan fingerprint density at radius 1 is 1.39 bits per heavy atom. The molecule has 2 heterocycles. The highest BCUT2D eigenvalue weighted by atomic mass is 35.5. The molecule has 23 heavy (non-hydrogen) atoms. The quantitative estimate of drug-likeness (QED) is 0.732. The Kier molecular flexibility index (Phi) is 4.37. The van der Waals surface area contributed by atoms with E-state index in [1.54, 1.807) is 0 Å². The number of sulfone groups is 1. The van der Waals surface area contributed by atoms with Crippen LogP contribution in [0.3, 0.4) is 0 Å². The number of hydrogen-bond donors (Lipinski definition) is 0. The molecule has 10 heteroatoms. The molecule has 0 N–H and O–H groups in total. The number of anilines is 1. The average Bonchev–Trinajstić information content (AvgIpc) is 2.91. The van der Waals surface area contributed by atoms with Gasteiger partial charge < -0.3 is 4.90 Å². The number of fused-ring (bicyclic) bond motifs is 1. The van der Waals surface area contributed by atoms with Crippen LogP contribution in [0, 0.1) is 11.6 Å². The van der Waals surface area contributed by atoms with Crippen LogP contribution in [0.5, 0.6) is 0 Å². The van der Waals surface area contributed by atoms with Crippen LogP contribution in [-0.4, -0.2) is 48.2 Å². The summed E-state index contributed by atoms with van der Waals surface area (Å²) in [5.41, 5.74) is -0.00961. The van der Waals surface area contributed by atoms with Crippen molar-refractivity contribution in [3.8, 4) is 0 Å². The Hall–Kier alpha value is -1.19. The highest BCUT2D eigenvalue weighted by molar-refractivity contribution is 8.16. The number of amides is 1. The third-order valence-electron chi connectivity index (χ3n) is 3.57. The van der Waals surface area contributed by atoms with E-state index in [1.807, 2.05) is 0 Å². The number of alkyl halides is 1. The van der Waals surface area contributed by atoms with Gasteiger partial charge in [-0.3, -0.25) is 4.79 Å². The van der Waals surface area contributed by atoms with Crippen molar-refractivity contribution in [1.29, 1.82) is 0 Å². The normalized spacial score (nSPS) is 27.4. The molecular formula is C13H11ClF2N2O3S2. The van der Waals surface area contributed by atoms with E-state index in [4.69, 9.17) is 11.6 Å². The molecule has 0 saturated carbocycles. The van der Waals surface area contributed by atoms with E-state index in [0.29, 0.717) is 6.07 Å². The van der Waals surface area contributed by atoms with E-state index >= 15 is 0 Å². The van der Waals surface area contributed by atoms with Gasteiger partial charge >= 0.3 is 0 Å². The second-order valence-corrected chi connectivity index (χ2v) is 8.82. The predicted octanol–water partition coefficient (Wildman–Crippen LogP) is 1.81. The topological polar surface area (TPSA) is 66.8 Å². The summed E-state index contributed by atoms with van der Waals surface area (Å²) >= 11 is 6.54.